The topological polar surface area (TPSA) is 85.0 Å². The van der Waals surface area contributed by atoms with Crippen LogP contribution >= 0.6 is 15.9 Å². The fourth-order valence-electron chi connectivity index (χ4n) is 1.68. The van der Waals surface area contributed by atoms with Crippen molar-refractivity contribution >= 4 is 37.0 Å². The lowest BCUT2D eigenvalue weighted by molar-refractivity contribution is -0.0497. The zero-order valence-electron chi connectivity index (χ0n) is 9.84. The van der Waals surface area contributed by atoms with Crippen molar-refractivity contribution < 1.29 is 21.9 Å². The van der Waals surface area contributed by atoms with Gasteiger partial charge in [0.05, 0.1) is 17.3 Å². The van der Waals surface area contributed by atoms with Crippen LogP contribution in [0.25, 0.3) is 11.0 Å². The second-order valence-electron chi connectivity index (χ2n) is 3.73. The molecule has 0 bridgehead atoms. The highest BCUT2D eigenvalue weighted by atomic mass is 79.9. The van der Waals surface area contributed by atoms with Gasteiger partial charge in [0.25, 0.3) is 0 Å². The van der Waals surface area contributed by atoms with Crippen molar-refractivity contribution in [3.05, 3.63) is 22.4 Å². The van der Waals surface area contributed by atoms with Crippen LogP contribution < -0.4 is 4.74 Å². The monoisotopic (exact) mass is 365 g/mol. The molecule has 10 heteroatoms. The lowest BCUT2D eigenvalue weighted by Crippen LogP contribution is -2.12. The lowest BCUT2D eigenvalue weighted by atomic mass is 10.3. The van der Waals surface area contributed by atoms with Crippen LogP contribution in [0.5, 0.6) is 5.75 Å². The van der Waals surface area contributed by atoms with E-state index < -0.39 is 16.6 Å². The zero-order valence-corrected chi connectivity index (χ0v) is 12.2. The number of rotatable bonds is 3. The zero-order chi connectivity index (χ0) is 15.1. The number of aromatic nitrogens is 2. The predicted molar refractivity (Wildman–Crippen MR) is 69.0 cm³/mol. The van der Waals surface area contributed by atoms with Crippen molar-refractivity contribution in [2.45, 2.75) is 6.61 Å². The smallest absolute Gasteiger partial charge is 0.387 e. The van der Waals surface area contributed by atoms with E-state index >= 15 is 0 Å². The van der Waals surface area contributed by atoms with E-state index in [4.69, 9.17) is 5.26 Å². The van der Waals surface area contributed by atoms with Gasteiger partial charge < -0.3 is 4.74 Å². The Morgan fingerprint density at radius 1 is 1.50 bits per heavy atom. The Morgan fingerprint density at radius 2 is 2.15 bits per heavy atom. The van der Waals surface area contributed by atoms with Gasteiger partial charge in [-0.3, -0.25) is 0 Å². The Balaban J connectivity index is 2.81. The number of fused-ring (bicyclic) bond motifs is 1. The SMILES string of the molecule is CS(=O)(=O)n1c(C#N)nc2cc(OC(F)F)cc(Br)c21. The van der Waals surface area contributed by atoms with Crippen LogP contribution in [0.15, 0.2) is 16.6 Å². The van der Waals surface area contributed by atoms with E-state index in [2.05, 4.69) is 25.7 Å². The molecule has 0 radical (unpaired) electrons. The fraction of sp³-hybridized carbons (Fsp3) is 0.200. The van der Waals surface area contributed by atoms with Gasteiger partial charge in [-0.25, -0.2) is 17.4 Å². The van der Waals surface area contributed by atoms with Crippen LogP contribution in [0.2, 0.25) is 0 Å². The summed E-state index contributed by atoms with van der Waals surface area (Å²) in [5.41, 5.74) is 0.141. The van der Waals surface area contributed by atoms with Gasteiger partial charge in [0.2, 0.25) is 15.8 Å². The average molecular weight is 366 g/mol. The highest BCUT2D eigenvalue weighted by Gasteiger charge is 2.21. The van der Waals surface area contributed by atoms with E-state index in [1.807, 2.05) is 0 Å². The number of imidazole rings is 1. The lowest BCUT2D eigenvalue weighted by Gasteiger charge is -2.07. The molecule has 0 spiro atoms. The van der Waals surface area contributed by atoms with Gasteiger partial charge in [0.15, 0.2) is 0 Å². The van der Waals surface area contributed by atoms with Crippen molar-refractivity contribution in [1.82, 2.24) is 8.96 Å². The molecule has 1 heterocycles. The van der Waals surface area contributed by atoms with E-state index in [1.165, 1.54) is 6.07 Å². The predicted octanol–water partition coefficient (Wildman–Crippen LogP) is 2.08. The summed E-state index contributed by atoms with van der Waals surface area (Å²) >= 11 is 3.06. The van der Waals surface area contributed by atoms with Gasteiger partial charge in [0.1, 0.15) is 11.8 Å². The van der Waals surface area contributed by atoms with Crippen molar-refractivity contribution in [3.8, 4) is 11.8 Å². The van der Waals surface area contributed by atoms with Gasteiger partial charge in [-0.05, 0) is 22.0 Å². The Kier molecular flexibility index (Phi) is 3.66. The summed E-state index contributed by atoms with van der Waals surface area (Å²) in [5, 5.41) is 8.92. The minimum atomic E-state index is -3.77. The number of hydrogen-bond donors (Lipinski definition) is 0. The van der Waals surface area contributed by atoms with Crippen LogP contribution in [0, 0.1) is 11.3 Å². The van der Waals surface area contributed by atoms with Crippen LogP contribution in [-0.2, 0) is 10.0 Å². The van der Waals surface area contributed by atoms with Crippen molar-refractivity contribution in [1.29, 1.82) is 5.26 Å². The van der Waals surface area contributed by atoms with E-state index in [0.717, 1.165) is 16.3 Å². The summed E-state index contributed by atoms with van der Waals surface area (Å²) in [6, 6.07) is 3.96. The maximum Gasteiger partial charge on any atom is 0.387 e. The molecular weight excluding hydrogens is 360 g/mol. The molecule has 0 amide bonds. The molecule has 0 N–H and O–H groups in total. The molecule has 2 rings (SSSR count). The van der Waals surface area contributed by atoms with E-state index in [9.17, 15) is 17.2 Å². The van der Waals surface area contributed by atoms with Crippen LogP contribution in [-0.4, -0.2) is 30.2 Å². The highest BCUT2D eigenvalue weighted by molar-refractivity contribution is 9.10. The third-order valence-electron chi connectivity index (χ3n) is 2.30. The molecule has 0 unspecified atom stereocenters. The number of benzene rings is 1. The number of nitriles is 1. The van der Waals surface area contributed by atoms with Gasteiger partial charge in [0, 0.05) is 10.5 Å². The summed E-state index contributed by atoms with van der Waals surface area (Å²) in [7, 11) is -3.77. The molecule has 20 heavy (non-hydrogen) atoms. The molecule has 0 saturated heterocycles. The molecule has 0 aliphatic carbocycles. The van der Waals surface area contributed by atoms with E-state index in [0.29, 0.717) is 0 Å². The second kappa shape index (κ2) is 4.99. The minimum absolute atomic E-state index is 0.0528. The van der Waals surface area contributed by atoms with E-state index in [1.54, 1.807) is 6.07 Å². The summed E-state index contributed by atoms with van der Waals surface area (Å²) in [6.45, 7) is -3.02. The largest absolute Gasteiger partial charge is 0.435 e. The molecule has 1 aromatic heterocycles. The number of alkyl halides is 2. The number of ether oxygens (including phenoxy) is 1. The molecule has 0 aliphatic heterocycles. The summed E-state index contributed by atoms with van der Waals surface area (Å²) < 4.78 is 52.9. The first kappa shape index (κ1) is 14.7. The van der Waals surface area contributed by atoms with Crippen molar-refractivity contribution in [2.24, 2.45) is 0 Å². The molecule has 2 aromatic rings. The molecule has 106 valence electrons. The maximum atomic E-state index is 12.2. The number of halogens is 3. The Bertz CT molecular complexity index is 826. The van der Waals surface area contributed by atoms with Crippen LogP contribution in [0.4, 0.5) is 8.78 Å². The molecule has 1 aromatic carbocycles. The van der Waals surface area contributed by atoms with E-state index in [-0.39, 0.29) is 27.1 Å². The first-order valence-electron chi connectivity index (χ1n) is 5.01. The molecule has 0 aliphatic rings. The number of hydrogen-bond acceptors (Lipinski definition) is 5. The molecule has 6 nitrogen and oxygen atoms in total. The normalized spacial score (nSPS) is 11.8. The third kappa shape index (κ3) is 2.59. The van der Waals surface area contributed by atoms with Gasteiger partial charge in [-0.15, -0.1) is 0 Å². The molecular formula is C10H6BrF2N3O3S. The minimum Gasteiger partial charge on any atom is -0.435 e. The second-order valence-corrected chi connectivity index (χ2v) is 6.41. The van der Waals surface area contributed by atoms with Gasteiger partial charge in [-0.1, -0.05) is 0 Å². The summed E-state index contributed by atoms with van der Waals surface area (Å²) in [5.74, 6) is -0.556. The first-order chi connectivity index (χ1) is 9.24. The Morgan fingerprint density at radius 3 is 2.65 bits per heavy atom. The first-order valence-corrected chi connectivity index (χ1v) is 7.65. The molecule has 0 fully saturated rings. The summed E-state index contributed by atoms with van der Waals surface area (Å²) in [6.07, 6.45) is 0.908. The van der Waals surface area contributed by atoms with Gasteiger partial charge >= 0.3 is 6.61 Å². The molecule has 0 atom stereocenters. The van der Waals surface area contributed by atoms with Crippen molar-refractivity contribution in [3.63, 3.8) is 0 Å². The quantitative estimate of drug-likeness (QED) is 0.831. The average Bonchev–Trinajstić information content (AvgIpc) is 2.66. The maximum absolute atomic E-state index is 12.2. The van der Waals surface area contributed by atoms with Crippen molar-refractivity contribution in [2.75, 3.05) is 6.26 Å². The highest BCUT2D eigenvalue weighted by Crippen LogP contribution is 2.31. The van der Waals surface area contributed by atoms with Crippen LogP contribution in [0.3, 0.4) is 0 Å². The fourth-order valence-corrected chi connectivity index (χ4v) is 3.32. The third-order valence-corrected chi connectivity index (χ3v) is 3.92. The Labute approximate surface area is 120 Å². The number of nitrogens with zero attached hydrogens (tertiary/aromatic N) is 3. The Hall–Kier alpha value is -1.73. The standard InChI is InChI=1S/C10H6BrF2N3O3S/c1-20(17,18)16-8(4-14)15-7-3-5(19-10(12)13)2-6(11)9(7)16/h2-3,10H,1H3. The van der Waals surface area contributed by atoms with Crippen LogP contribution in [0.1, 0.15) is 5.82 Å². The van der Waals surface area contributed by atoms with Gasteiger partial charge in [-0.2, -0.15) is 14.0 Å². The molecule has 0 saturated carbocycles. The summed E-state index contributed by atoms with van der Waals surface area (Å²) in [4.78, 5) is 3.79.